The predicted molar refractivity (Wildman–Crippen MR) is 84.2 cm³/mol. The van der Waals surface area contributed by atoms with Gasteiger partial charge in [0.05, 0.1) is 17.7 Å². The van der Waals surface area contributed by atoms with Crippen LogP contribution in [0.15, 0.2) is 24.3 Å². The molecular weight excluding hydrogens is 321 g/mol. The second-order valence-electron chi connectivity index (χ2n) is 6.40. The highest BCUT2D eigenvalue weighted by Crippen LogP contribution is 2.30. The molecule has 1 fully saturated rings. The molecule has 7 heteroatoms. The van der Waals surface area contributed by atoms with E-state index in [1.54, 1.807) is 24.9 Å². The SMILES string of the molecule is CC(O)CN(C)C1CCCN(Cc2cccc(C(F)(F)F)c2)C1=O. The summed E-state index contributed by atoms with van der Waals surface area (Å²) in [7, 11) is 1.78. The number of alkyl halides is 3. The summed E-state index contributed by atoms with van der Waals surface area (Å²) in [4.78, 5) is 16.0. The first kappa shape index (κ1) is 18.7. The minimum absolute atomic E-state index is 0.0955. The standard InChI is InChI=1S/C17H23F3N2O2/c1-12(23)10-21(2)15-7-4-8-22(16(15)24)11-13-5-3-6-14(9-13)17(18,19)20/h3,5-6,9,12,15,23H,4,7-8,10-11H2,1-2H3. The van der Waals surface area contributed by atoms with Crippen molar-refractivity contribution in [1.29, 1.82) is 0 Å². The molecule has 2 unspecified atom stereocenters. The van der Waals surface area contributed by atoms with Crippen LogP contribution in [-0.2, 0) is 17.5 Å². The van der Waals surface area contributed by atoms with Gasteiger partial charge in [-0.2, -0.15) is 13.2 Å². The van der Waals surface area contributed by atoms with Crippen molar-refractivity contribution in [3.8, 4) is 0 Å². The number of amides is 1. The highest BCUT2D eigenvalue weighted by Gasteiger charge is 2.33. The van der Waals surface area contributed by atoms with Gasteiger partial charge >= 0.3 is 6.18 Å². The predicted octanol–water partition coefficient (Wildman–Crippen LogP) is 2.51. The third-order valence-electron chi connectivity index (χ3n) is 4.21. The Labute approximate surface area is 139 Å². The number of likely N-dealkylation sites (tertiary alicyclic amines) is 1. The zero-order valence-electron chi connectivity index (χ0n) is 13.9. The minimum Gasteiger partial charge on any atom is -0.392 e. The molecule has 1 saturated heterocycles. The molecule has 1 aromatic carbocycles. The zero-order valence-corrected chi connectivity index (χ0v) is 13.9. The summed E-state index contributed by atoms with van der Waals surface area (Å²) in [5, 5.41) is 9.47. The second-order valence-corrected chi connectivity index (χ2v) is 6.40. The molecule has 4 nitrogen and oxygen atoms in total. The molecule has 1 N–H and O–H groups in total. The Balaban J connectivity index is 2.08. The smallest absolute Gasteiger partial charge is 0.392 e. The van der Waals surface area contributed by atoms with Crippen molar-refractivity contribution in [3.63, 3.8) is 0 Å². The maximum atomic E-state index is 12.8. The van der Waals surface area contributed by atoms with Crippen molar-refractivity contribution in [1.82, 2.24) is 9.80 Å². The van der Waals surface area contributed by atoms with E-state index in [0.717, 1.165) is 18.6 Å². The first-order valence-corrected chi connectivity index (χ1v) is 8.01. The van der Waals surface area contributed by atoms with Gasteiger partial charge in [-0.1, -0.05) is 12.1 Å². The topological polar surface area (TPSA) is 43.8 Å². The molecular formula is C17H23F3N2O2. The van der Waals surface area contributed by atoms with E-state index >= 15 is 0 Å². The number of hydrogen-bond donors (Lipinski definition) is 1. The molecule has 0 saturated carbocycles. The van der Waals surface area contributed by atoms with Gasteiger partial charge in [0.15, 0.2) is 0 Å². The van der Waals surface area contributed by atoms with Crippen LogP contribution in [0.5, 0.6) is 0 Å². The van der Waals surface area contributed by atoms with Gasteiger partial charge in [-0.15, -0.1) is 0 Å². The summed E-state index contributed by atoms with van der Waals surface area (Å²) < 4.78 is 38.4. The van der Waals surface area contributed by atoms with Crippen molar-refractivity contribution >= 4 is 5.91 Å². The lowest BCUT2D eigenvalue weighted by Crippen LogP contribution is -2.52. The van der Waals surface area contributed by atoms with Crippen molar-refractivity contribution in [3.05, 3.63) is 35.4 Å². The van der Waals surface area contributed by atoms with Crippen LogP contribution in [0.1, 0.15) is 30.9 Å². The number of piperidine rings is 1. The number of hydrogen-bond acceptors (Lipinski definition) is 3. The maximum absolute atomic E-state index is 12.8. The molecule has 134 valence electrons. The highest BCUT2D eigenvalue weighted by molar-refractivity contribution is 5.82. The quantitative estimate of drug-likeness (QED) is 0.893. The largest absolute Gasteiger partial charge is 0.416 e. The minimum atomic E-state index is -4.39. The Morgan fingerprint density at radius 1 is 1.42 bits per heavy atom. The molecule has 2 rings (SSSR count). The Hall–Kier alpha value is -1.60. The highest BCUT2D eigenvalue weighted by atomic mass is 19.4. The van der Waals surface area contributed by atoms with Crippen LogP contribution in [0.25, 0.3) is 0 Å². The van der Waals surface area contributed by atoms with E-state index in [2.05, 4.69) is 0 Å². The lowest BCUT2D eigenvalue weighted by atomic mass is 10.0. The molecule has 24 heavy (non-hydrogen) atoms. The van der Waals surface area contributed by atoms with Crippen LogP contribution in [-0.4, -0.2) is 53.1 Å². The van der Waals surface area contributed by atoms with Gasteiger partial charge in [-0.3, -0.25) is 9.69 Å². The number of nitrogens with zero attached hydrogens (tertiary/aromatic N) is 2. The average Bonchev–Trinajstić information content (AvgIpc) is 2.48. The molecule has 1 aliphatic heterocycles. The number of carbonyl (C=O) groups is 1. The number of likely N-dealkylation sites (N-methyl/N-ethyl adjacent to an activating group) is 1. The third kappa shape index (κ3) is 4.70. The summed E-state index contributed by atoms with van der Waals surface area (Å²) in [5.41, 5.74) is -0.232. The van der Waals surface area contributed by atoms with E-state index in [4.69, 9.17) is 0 Å². The van der Waals surface area contributed by atoms with Crippen LogP contribution < -0.4 is 0 Å². The molecule has 0 spiro atoms. The van der Waals surface area contributed by atoms with E-state index in [-0.39, 0.29) is 18.5 Å². The molecule has 0 radical (unpaired) electrons. The molecule has 1 aromatic rings. The Morgan fingerprint density at radius 3 is 2.75 bits per heavy atom. The number of rotatable bonds is 5. The van der Waals surface area contributed by atoms with E-state index in [0.29, 0.717) is 25.1 Å². The first-order chi connectivity index (χ1) is 11.2. The summed E-state index contributed by atoms with van der Waals surface area (Å²) in [5.74, 6) is -0.0955. The zero-order chi connectivity index (χ0) is 17.9. The van der Waals surface area contributed by atoms with Crippen molar-refractivity contribution < 1.29 is 23.1 Å². The van der Waals surface area contributed by atoms with Gasteiger partial charge in [0.2, 0.25) is 5.91 Å². The molecule has 1 heterocycles. The molecule has 1 amide bonds. The van der Waals surface area contributed by atoms with E-state index in [9.17, 15) is 23.1 Å². The summed E-state index contributed by atoms with van der Waals surface area (Å²) in [6.45, 7) is 2.74. The van der Waals surface area contributed by atoms with E-state index in [1.165, 1.54) is 6.07 Å². The molecule has 2 atom stereocenters. The van der Waals surface area contributed by atoms with Crippen LogP contribution in [0.3, 0.4) is 0 Å². The third-order valence-corrected chi connectivity index (χ3v) is 4.21. The molecule has 0 bridgehead atoms. The lowest BCUT2D eigenvalue weighted by molar-refractivity contribution is -0.140. The lowest BCUT2D eigenvalue weighted by Gasteiger charge is -2.37. The molecule has 1 aliphatic rings. The maximum Gasteiger partial charge on any atom is 0.416 e. The fourth-order valence-corrected chi connectivity index (χ4v) is 3.10. The van der Waals surface area contributed by atoms with Crippen LogP contribution in [0.2, 0.25) is 0 Å². The normalized spacial score (nSPS) is 20.5. The van der Waals surface area contributed by atoms with Crippen LogP contribution in [0, 0.1) is 0 Å². The van der Waals surface area contributed by atoms with Crippen LogP contribution in [0.4, 0.5) is 13.2 Å². The average molecular weight is 344 g/mol. The number of carbonyl (C=O) groups excluding carboxylic acids is 1. The van der Waals surface area contributed by atoms with Crippen molar-refractivity contribution in [2.45, 2.75) is 44.6 Å². The van der Waals surface area contributed by atoms with Gasteiger partial charge in [0, 0.05) is 19.6 Å². The first-order valence-electron chi connectivity index (χ1n) is 8.01. The monoisotopic (exact) mass is 344 g/mol. The van der Waals surface area contributed by atoms with Gasteiger partial charge in [-0.05, 0) is 44.5 Å². The summed E-state index contributed by atoms with van der Waals surface area (Å²) in [6, 6.07) is 4.76. The van der Waals surface area contributed by atoms with Crippen LogP contribution >= 0.6 is 0 Å². The van der Waals surface area contributed by atoms with Gasteiger partial charge in [-0.25, -0.2) is 0 Å². The number of halogens is 3. The van der Waals surface area contributed by atoms with Crippen molar-refractivity contribution in [2.75, 3.05) is 20.1 Å². The molecule has 0 aliphatic carbocycles. The number of benzene rings is 1. The summed E-state index contributed by atoms with van der Waals surface area (Å²) >= 11 is 0. The molecule has 0 aromatic heterocycles. The van der Waals surface area contributed by atoms with Gasteiger partial charge < -0.3 is 10.0 Å². The fourth-order valence-electron chi connectivity index (χ4n) is 3.10. The van der Waals surface area contributed by atoms with Gasteiger partial charge in [0.25, 0.3) is 0 Å². The Bertz CT molecular complexity index is 575. The van der Waals surface area contributed by atoms with Gasteiger partial charge in [0.1, 0.15) is 0 Å². The number of aliphatic hydroxyl groups excluding tert-OH is 1. The second kappa shape index (κ2) is 7.53. The van der Waals surface area contributed by atoms with E-state index in [1.807, 2.05) is 4.90 Å². The van der Waals surface area contributed by atoms with E-state index < -0.39 is 17.8 Å². The van der Waals surface area contributed by atoms with Crippen molar-refractivity contribution in [2.24, 2.45) is 0 Å². The summed E-state index contributed by atoms with van der Waals surface area (Å²) in [6.07, 6.45) is -3.44. The number of aliphatic hydroxyl groups is 1. The Morgan fingerprint density at radius 2 is 2.12 bits per heavy atom. The fraction of sp³-hybridized carbons (Fsp3) is 0.588. The Kier molecular flexibility index (Phi) is 5.87.